The molecule has 1 amide bonds. The lowest BCUT2D eigenvalue weighted by molar-refractivity contribution is -0.116. The van der Waals surface area contributed by atoms with E-state index >= 15 is 0 Å². The number of hydrogen-bond acceptors (Lipinski definition) is 5. The number of amides is 1. The van der Waals surface area contributed by atoms with E-state index in [1.165, 1.54) is 11.0 Å². The number of rotatable bonds is 5. The predicted molar refractivity (Wildman–Crippen MR) is 111 cm³/mol. The van der Waals surface area contributed by atoms with E-state index < -0.39 is 0 Å². The summed E-state index contributed by atoms with van der Waals surface area (Å²) in [6.07, 6.45) is 5.34. The number of hydrogen-bond donors (Lipinski definition) is 1. The standard InChI is InChI=1S/C20H26N4O2S/c1-14-15(2)21-20(23-10-5-4-6-11-23)24(19(14)26)13-18(25)22-16-8-7-9-17(12-16)27-3/h7-9,12H,4-6,10-11,13H2,1-3H3,(H,22,25). The summed E-state index contributed by atoms with van der Waals surface area (Å²) in [5.41, 5.74) is 1.91. The van der Waals surface area contributed by atoms with Gasteiger partial charge in [0.1, 0.15) is 6.54 Å². The summed E-state index contributed by atoms with van der Waals surface area (Å²) < 4.78 is 1.52. The molecule has 27 heavy (non-hydrogen) atoms. The summed E-state index contributed by atoms with van der Waals surface area (Å²) in [5.74, 6) is 0.384. The Morgan fingerprint density at radius 2 is 1.96 bits per heavy atom. The van der Waals surface area contributed by atoms with E-state index in [4.69, 9.17) is 0 Å². The van der Waals surface area contributed by atoms with Crippen molar-refractivity contribution in [2.45, 2.75) is 44.6 Å². The first-order valence-corrected chi connectivity index (χ1v) is 10.5. The third-order valence-electron chi connectivity index (χ3n) is 4.91. The lowest BCUT2D eigenvalue weighted by atomic mass is 10.1. The van der Waals surface area contributed by atoms with Crippen LogP contribution in [0.1, 0.15) is 30.5 Å². The second-order valence-electron chi connectivity index (χ2n) is 6.84. The fraction of sp³-hybridized carbons (Fsp3) is 0.450. The lowest BCUT2D eigenvalue weighted by Crippen LogP contribution is -2.39. The number of thioether (sulfide) groups is 1. The van der Waals surface area contributed by atoms with E-state index in [1.54, 1.807) is 18.7 Å². The van der Waals surface area contributed by atoms with Gasteiger partial charge in [0.05, 0.1) is 0 Å². The van der Waals surface area contributed by atoms with Crippen molar-refractivity contribution in [1.29, 1.82) is 0 Å². The number of aryl methyl sites for hydroxylation is 1. The van der Waals surface area contributed by atoms with Gasteiger partial charge < -0.3 is 10.2 Å². The summed E-state index contributed by atoms with van der Waals surface area (Å²) in [7, 11) is 0. The normalized spacial score (nSPS) is 14.3. The quantitative estimate of drug-likeness (QED) is 0.799. The SMILES string of the molecule is CSc1cccc(NC(=O)Cn2c(N3CCCCC3)nc(C)c(C)c2=O)c1. The second-order valence-corrected chi connectivity index (χ2v) is 7.72. The largest absolute Gasteiger partial charge is 0.342 e. The molecule has 2 aromatic rings. The van der Waals surface area contributed by atoms with Gasteiger partial charge in [-0.15, -0.1) is 11.8 Å². The minimum absolute atomic E-state index is 0.0394. The molecule has 1 aromatic carbocycles. The molecule has 0 bridgehead atoms. The summed E-state index contributed by atoms with van der Waals surface area (Å²) >= 11 is 1.62. The fourth-order valence-electron chi connectivity index (χ4n) is 3.27. The van der Waals surface area contributed by atoms with Crippen LogP contribution in [0, 0.1) is 13.8 Å². The first-order valence-electron chi connectivity index (χ1n) is 9.26. The summed E-state index contributed by atoms with van der Waals surface area (Å²) in [6, 6.07) is 7.68. The molecule has 1 saturated heterocycles. The molecular weight excluding hydrogens is 360 g/mol. The number of carbonyl (C=O) groups is 1. The van der Waals surface area contributed by atoms with Crippen LogP contribution >= 0.6 is 11.8 Å². The van der Waals surface area contributed by atoms with Gasteiger partial charge in [0.25, 0.3) is 5.56 Å². The number of anilines is 2. The second kappa shape index (κ2) is 8.61. The molecule has 0 atom stereocenters. The van der Waals surface area contributed by atoms with E-state index in [0.29, 0.717) is 11.5 Å². The number of nitrogens with zero attached hydrogens (tertiary/aromatic N) is 3. The van der Waals surface area contributed by atoms with Crippen molar-refractivity contribution in [2.75, 3.05) is 29.6 Å². The fourth-order valence-corrected chi connectivity index (χ4v) is 3.72. The molecule has 144 valence electrons. The molecule has 2 heterocycles. The molecule has 1 N–H and O–H groups in total. The number of benzene rings is 1. The molecular formula is C20H26N4O2S. The van der Waals surface area contributed by atoms with Gasteiger partial charge in [-0.2, -0.15) is 0 Å². The summed E-state index contributed by atoms with van der Waals surface area (Å²) in [5, 5.41) is 2.90. The van der Waals surface area contributed by atoms with Crippen LogP contribution in [0.15, 0.2) is 34.0 Å². The molecule has 7 heteroatoms. The molecule has 1 fully saturated rings. The number of piperidine rings is 1. The first kappa shape index (κ1) is 19.5. The minimum atomic E-state index is -0.223. The van der Waals surface area contributed by atoms with E-state index in [9.17, 15) is 9.59 Å². The third-order valence-corrected chi connectivity index (χ3v) is 5.64. The highest BCUT2D eigenvalue weighted by Crippen LogP contribution is 2.20. The van der Waals surface area contributed by atoms with Gasteiger partial charge in [0.2, 0.25) is 11.9 Å². The van der Waals surface area contributed by atoms with Gasteiger partial charge in [-0.05, 0) is 57.6 Å². The van der Waals surface area contributed by atoms with Crippen LogP contribution in [-0.4, -0.2) is 34.8 Å². The van der Waals surface area contributed by atoms with Crippen molar-refractivity contribution in [2.24, 2.45) is 0 Å². The highest BCUT2D eigenvalue weighted by molar-refractivity contribution is 7.98. The molecule has 1 aliphatic rings. The zero-order valence-electron chi connectivity index (χ0n) is 16.1. The van der Waals surface area contributed by atoms with E-state index in [-0.39, 0.29) is 18.0 Å². The Balaban J connectivity index is 1.87. The van der Waals surface area contributed by atoms with Gasteiger partial charge in [0, 0.05) is 34.9 Å². The number of aromatic nitrogens is 2. The minimum Gasteiger partial charge on any atom is -0.342 e. The van der Waals surface area contributed by atoms with E-state index in [0.717, 1.165) is 42.2 Å². The highest BCUT2D eigenvalue weighted by atomic mass is 32.2. The maximum Gasteiger partial charge on any atom is 0.258 e. The molecule has 0 aliphatic carbocycles. The summed E-state index contributed by atoms with van der Waals surface area (Å²) in [6.45, 7) is 5.31. The van der Waals surface area contributed by atoms with Crippen LogP contribution in [0.4, 0.5) is 11.6 Å². The predicted octanol–water partition coefficient (Wildman–Crippen LogP) is 3.21. The lowest BCUT2D eigenvalue weighted by Gasteiger charge is -2.30. The van der Waals surface area contributed by atoms with Gasteiger partial charge in [0.15, 0.2) is 0 Å². The number of carbonyl (C=O) groups excluding carboxylic acids is 1. The molecule has 0 unspecified atom stereocenters. The topological polar surface area (TPSA) is 67.2 Å². The molecule has 0 radical (unpaired) electrons. The van der Waals surface area contributed by atoms with Gasteiger partial charge in [-0.25, -0.2) is 4.98 Å². The van der Waals surface area contributed by atoms with Crippen LogP contribution in [0.5, 0.6) is 0 Å². The van der Waals surface area contributed by atoms with Crippen molar-refractivity contribution >= 4 is 29.3 Å². The Kier molecular flexibility index (Phi) is 6.21. The van der Waals surface area contributed by atoms with Crippen LogP contribution in [0.3, 0.4) is 0 Å². The Morgan fingerprint density at radius 3 is 2.67 bits per heavy atom. The molecule has 1 aliphatic heterocycles. The Morgan fingerprint density at radius 1 is 1.22 bits per heavy atom. The van der Waals surface area contributed by atoms with Crippen molar-refractivity contribution in [3.63, 3.8) is 0 Å². The third kappa shape index (κ3) is 4.53. The average molecular weight is 387 g/mol. The zero-order chi connectivity index (χ0) is 19.4. The molecule has 0 spiro atoms. The zero-order valence-corrected chi connectivity index (χ0v) is 16.9. The van der Waals surface area contributed by atoms with Gasteiger partial charge in [-0.3, -0.25) is 14.2 Å². The molecule has 0 saturated carbocycles. The number of nitrogens with one attached hydrogen (secondary N) is 1. The Bertz CT molecular complexity index is 888. The smallest absolute Gasteiger partial charge is 0.258 e. The maximum absolute atomic E-state index is 12.9. The summed E-state index contributed by atoms with van der Waals surface area (Å²) in [4.78, 5) is 33.3. The van der Waals surface area contributed by atoms with E-state index in [2.05, 4.69) is 15.2 Å². The monoisotopic (exact) mass is 386 g/mol. The maximum atomic E-state index is 12.9. The van der Waals surface area contributed by atoms with Crippen molar-refractivity contribution < 1.29 is 4.79 Å². The van der Waals surface area contributed by atoms with Crippen molar-refractivity contribution in [3.05, 3.63) is 45.9 Å². The molecule has 3 rings (SSSR count). The van der Waals surface area contributed by atoms with Crippen molar-refractivity contribution in [1.82, 2.24) is 9.55 Å². The van der Waals surface area contributed by atoms with Crippen LogP contribution in [0.2, 0.25) is 0 Å². The molecule has 1 aromatic heterocycles. The van der Waals surface area contributed by atoms with E-state index in [1.807, 2.05) is 37.4 Å². The van der Waals surface area contributed by atoms with Crippen molar-refractivity contribution in [3.8, 4) is 0 Å². The Hall–Kier alpha value is -2.28. The van der Waals surface area contributed by atoms with Crippen LogP contribution in [0.25, 0.3) is 0 Å². The van der Waals surface area contributed by atoms with Gasteiger partial charge in [-0.1, -0.05) is 6.07 Å². The van der Waals surface area contributed by atoms with Crippen LogP contribution < -0.4 is 15.8 Å². The highest BCUT2D eigenvalue weighted by Gasteiger charge is 2.20. The average Bonchev–Trinajstić information content (AvgIpc) is 2.69. The first-order chi connectivity index (χ1) is 13.0. The Labute approximate surface area is 164 Å². The molecule has 6 nitrogen and oxygen atoms in total. The van der Waals surface area contributed by atoms with Gasteiger partial charge >= 0.3 is 0 Å². The van der Waals surface area contributed by atoms with Crippen LogP contribution in [-0.2, 0) is 11.3 Å².